The number of aryl methyl sites for hydroxylation is 2. The molecule has 1 N–H and O–H groups in total. The average Bonchev–Trinajstić information content (AvgIpc) is 2.63. The van der Waals surface area contributed by atoms with E-state index in [2.05, 4.69) is 11.4 Å². The number of carbonyl (C=O) groups is 1. The van der Waals surface area contributed by atoms with Crippen molar-refractivity contribution in [2.45, 2.75) is 20.4 Å². The number of anilines is 1. The van der Waals surface area contributed by atoms with Crippen molar-refractivity contribution in [2.75, 3.05) is 32.6 Å². The third kappa shape index (κ3) is 5.27. The largest absolute Gasteiger partial charge is 0.383 e. The van der Waals surface area contributed by atoms with Gasteiger partial charge in [-0.25, -0.2) is 0 Å². The molecule has 144 valence electrons. The van der Waals surface area contributed by atoms with Gasteiger partial charge in [-0.1, -0.05) is 23.8 Å². The van der Waals surface area contributed by atoms with Crippen LogP contribution >= 0.6 is 0 Å². The van der Waals surface area contributed by atoms with E-state index >= 15 is 0 Å². The number of nitrogens with one attached hydrogen (secondary N) is 1. The van der Waals surface area contributed by atoms with Gasteiger partial charge in [0, 0.05) is 45.1 Å². The van der Waals surface area contributed by atoms with Crippen LogP contribution in [-0.2, 0) is 11.3 Å². The summed E-state index contributed by atoms with van der Waals surface area (Å²) in [4.78, 5) is 25.2. The fourth-order valence-corrected chi connectivity index (χ4v) is 2.82. The lowest BCUT2D eigenvalue weighted by Gasteiger charge is -2.21. The fourth-order valence-electron chi connectivity index (χ4n) is 2.82. The van der Waals surface area contributed by atoms with E-state index in [-0.39, 0.29) is 17.2 Å². The Bertz CT molecular complexity index is 836. The lowest BCUT2D eigenvalue weighted by Crippen LogP contribution is -2.27. The molecule has 0 saturated heterocycles. The van der Waals surface area contributed by atoms with E-state index in [4.69, 9.17) is 4.74 Å². The number of carbonyl (C=O) groups excluding carboxylic acids is 1. The smallest absolute Gasteiger partial charge is 0.270 e. The first-order valence-electron chi connectivity index (χ1n) is 8.66. The van der Waals surface area contributed by atoms with Gasteiger partial charge in [0.15, 0.2) is 0 Å². The van der Waals surface area contributed by atoms with Crippen LogP contribution in [0.25, 0.3) is 0 Å². The maximum absolute atomic E-state index is 13.0. The van der Waals surface area contributed by atoms with E-state index < -0.39 is 4.92 Å². The molecule has 0 bridgehead atoms. The molecule has 0 spiro atoms. The van der Waals surface area contributed by atoms with Crippen LogP contribution in [0.4, 0.5) is 11.4 Å². The van der Waals surface area contributed by atoms with E-state index in [1.807, 2.05) is 26.0 Å². The van der Waals surface area contributed by atoms with Gasteiger partial charge in [0.25, 0.3) is 11.6 Å². The molecule has 0 aliphatic carbocycles. The number of hydrogen-bond donors (Lipinski definition) is 1. The van der Waals surface area contributed by atoms with Gasteiger partial charge in [-0.3, -0.25) is 14.9 Å². The Morgan fingerprint density at radius 2 is 1.96 bits per heavy atom. The van der Waals surface area contributed by atoms with Crippen molar-refractivity contribution in [1.29, 1.82) is 0 Å². The van der Waals surface area contributed by atoms with Gasteiger partial charge in [-0.05, 0) is 31.0 Å². The molecule has 2 aromatic carbocycles. The minimum Gasteiger partial charge on any atom is -0.383 e. The van der Waals surface area contributed by atoms with Crippen molar-refractivity contribution in [3.05, 3.63) is 68.8 Å². The van der Waals surface area contributed by atoms with E-state index in [1.165, 1.54) is 12.1 Å². The maximum atomic E-state index is 13.0. The molecule has 0 aliphatic rings. The van der Waals surface area contributed by atoms with E-state index in [0.29, 0.717) is 25.4 Å². The van der Waals surface area contributed by atoms with Crippen LogP contribution in [0.5, 0.6) is 0 Å². The van der Waals surface area contributed by atoms with Crippen LogP contribution in [0.15, 0.2) is 36.4 Å². The summed E-state index contributed by atoms with van der Waals surface area (Å²) in [6, 6.07) is 10.3. The molecule has 7 nitrogen and oxygen atoms in total. The van der Waals surface area contributed by atoms with Crippen molar-refractivity contribution in [3.8, 4) is 0 Å². The van der Waals surface area contributed by atoms with Gasteiger partial charge in [-0.2, -0.15) is 0 Å². The Balaban J connectivity index is 2.28. The number of amides is 1. The van der Waals surface area contributed by atoms with Crippen LogP contribution < -0.4 is 5.32 Å². The van der Waals surface area contributed by atoms with Crippen LogP contribution in [0.3, 0.4) is 0 Å². The minimum absolute atomic E-state index is 0.115. The third-order valence-corrected chi connectivity index (χ3v) is 4.32. The predicted molar refractivity (Wildman–Crippen MR) is 105 cm³/mol. The molecule has 7 heteroatoms. The molecule has 0 aliphatic heterocycles. The molecular weight excluding hydrogens is 346 g/mol. The van der Waals surface area contributed by atoms with Gasteiger partial charge < -0.3 is 15.0 Å². The number of nitro groups is 1. The van der Waals surface area contributed by atoms with Gasteiger partial charge in [0.2, 0.25) is 0 Å². The second-order valence-corrected chi connectivity index (χ2v) is 6.50. The summed E-state index contributed by atoms with van der Waals surface area (Å²) in [6.07, 6.45) is 0. The summed E-state index contributed by atoms with van der Waals surface area (Å²) in [7, 11) is 3.28. The second kappa shape index (κ2) is 9.14. The normalized spacial score (nSPS) is 10.5. The molecular formula is C20H25N3O4. The summed E-state index contributed by atoms with van der Waals surface area (Å²) in [6.45, 7) is 5.40. The Morgan fingerprint density at radius 3 is 2.59 bits per heavy atom. The summed E-state index contributed by atoms with van der Waals surface area (Å²) in [5.41, 5.74) is 4.01. The number of nitrogens with zero attached hydrogens (tertiary/aromatic N) is 2. The highest BCUT2D eigenvalue weighted by Crippen LogP contribution is 2.24. The van der Waals surface area contributed by atoms with Crippen molar-refractivity contribution in [1.82, 2.24) is 4.90 Å². The van der Waals surface area contributed by atoms with E-state index in [1.54, 1.807) is 25.1 Å². The first kappa shape index (κ1) is 20.4. The van der Waals surface area contributed by atoms with Gasteiger partial charge in [-0.15, -0.1) is 0 Å². The molecule has 0 aromatic heterocycles. The molecule has 0 radical (unpaired) electrons. The quantitative estimate of drug-likeness (QED) is 0.436. The number of nitro benzene ring substituents is 1. The van der Waals surface area contributed by atoms with Crippen molar-refractivity contribution in [2.24, 2.45) is 0 Å². The van der Waals surface area contributed by atoms with Crippen molar-refractivity contribution >= 4 is 17.3 Å². The topological polar surface area (TPSA) is 84.7 Å². The lowest BCUT2D eigenvalue weighted by atomic mass is 10.0. The Kier molecular flexibility index (Phi) is 6.90. The average molecular weight is 371 g/mol. The van der Waals surface area contributed by atoms with Crippen molar-refractivity contribution in [3.63, 3.8) is 0 Å². The Morgan fingerprint density at radius 1 is 1.22 bits per heavy atom. The van der Waals surface area contributed by atoms with Gasteiger partial charge >= 0.3 is 0 Å². The molecule has 0 atom stereocenters. The SMILES string of the molecule is COCCNc1ccc([N+](=O)[O-])cc1C(=O)N(C)Cc1ccc(C)cc1C. The second-order valence-electron chi connectivity index (χ2n) is 6.50. The lowest BCUT2D eigenvalue weighted by molar-refractivity contribution is -0.384. The monoisotopic (exact) mass is 371 g/mol. The highest BCUT2D eigenvalue weighted by atomic mass is 16.6. The zero-order chi connectivity index (χ0) is 20.0. The molecule has 0 fully saturated rings. The molecule has 2 rings (SSSR count). The zero-order valence-electron chi connectivity index (χ0n) is 16.1. The fraction of sp³-hybridized carbons (Fsp3) is 0.350. The number of hydrogen-bond acceptors (Lipinski definition) is 5. The number of methoxy groups -OCH3 is 1. The highest BCUT2D eigenvalue weighted by molar-refractivity contribution is 6.00. The van der Waals surface area contributed by atoms with Gasteiger partial charge in [0.1, 0.15) is 0 Å². The molecule has 0 saturated carbocycles. The summed E-state index contributed by atoms with van der Waals surface area (Å²) in [5.74, 6) is -0.279. The van der Waals surface area contributed by atoms with Crippen LogP contribution in [0.2, 0.25) is 0 Å². The van der Waals surface area contributed by atoms with E-state index in [0.717, 1.165) is 16.7 Å². The molecule has 0 heterocycles. The van der Waals surface area contributed by atoms with Crippen LogP contribution in [-0.4, -0.2) is 43.0 Å². The highest BCUT2D eigenvalue weighted by Gasteiger charge is 2.20. The molecule has 2 aromatic rings. The maximum Gasteiger partial charge on any atom is 0.270 e. The standard InChI is InChI=1S/C20H25N3O4/c1-14-5-6-16(15(2)11-14)13-22(3)20(24)18-12-17(23(25)26)7-8-19(18)21-9-10-27-4/h5-8,11-12,21H,9-10,13H2,1-4H3. The molecule has 0 unspecified atom stereocenters. The Hall–Kier alpha value is -2.93. The number of benzene rings is 2. The summed E-state index contributed by atoms with van der Waals surface area (Å²) >= 11 is 0. The molecule has 27 heavy (non-hydrogen) atoms. The zero-order valence-corrected chi connectivity index (χ0v) is 16.1. The van der Waals surface area contributed by atoms with E-state index in [9.17, 15) is 14.9 Å². The van der Waals surface area contributed by atoms with Gasteiger partial charge in [0.05, 0.1) is 17.1 Å². The number of rotatable bonds is 8. The third-order valence-electron chi connectivity index (χ3n) is 4.32. The predicted octanol–water partition coefficient (Wildman–Crippen LogP) is 3.54. The number of non-ortho nitro benzene ring substituents is 1. The summed E-state index contributed by atoms with van der Waals surface area (Å²) < 4.78 is 5.01. The Labute approximate surface area is 159 Å². The first-order valence-corrected chi connectivity index (χ1v) is 8.66. The minimum atomic E-state index is -0.500. The van der Waals surface area contributed by atoms with Crippen LogP contribution in [0, 0.1) is 24.0 Å². The summed E-state index contributed by atoms with van der Waals surface area (Å²) in [5, 5.41) is 14.2. The van der Waals surface area contributed by atoms with Crippen molar-refractivity contribution < 1.29 is 14.5 Å². The van der Waals surface area contributed by atoms with Crippen LogP contribution in [0.1, 0.15) is 27.0 Å². The molecule has 1 amide bonds. The first-order chi connectivity index (χ1) is 12.8. The number of ether oxygens (including phenoxy) is 1.